The summed E-state index contributed by atoms with van der Waals surface area (Å²) in [5, 5.41) is 5.07. The lowest BCUT2D eigenvalue weighted by molar-refractivity contribution is -0.141. The smallest absolute Gasteiger partial charge is 0.325 e. The van der Waals surface area contributed by atoms with Gasteiger partial charge in [-0.2, -0.15) is 0 Å². The predicted octanol–water partition coefficient (Wildman–Crippen LogP) is 2.28. The van der Waals surface area contributed by atoms with Gasteiger partial charge in [0.25, 0.3) is 0 Å². The van der Waals surface area contributed by atoms with Crippen LogP contribution in [0.2, 0.25) is 0 Å². The summed E-state index contributed by atoms with van der Waals surface area (Å²) in [5.74, 6) is -0.453. The molecule has 0 spiro atoms. The van der Waals surface area contributed by atoms with E-state index in [9.17, 15) is 9.59 Å². The van der Waals surface area contributed by atoms with Crippen LogP contribution in [0.4, 0.5) is 10.5 Å². The van der Waals surface area contributed by atoms with Crippen LogP contribution in [-0.4, -0.2) is 25.2 Å². The number of esters is 1. The highest BCUT2D eigenvalue weighted by Gasteiger charge is 2.06. The molecule has 0 saturated heterocycles. The van der Waals surface area contributed by atoms with Gasteiger partial charge in [0.1, 0.15) is 6.54 Å². The van der Waals surface area contributed by atoms with E-state index in [-0.39, 0.29) is 6.54 Å². The predicted molar refractivity (Wildman–Crippen MR) is 77.6 cm³/mol. The summed E-state index contributed by atoms with van der Waals surface area (Å²) in [5.41, 5.74) is 1.83. The fraction of sp³-hybridized carbons (Fsp3) is 0.333. The van der Waals surface area contributed by atoms with Gasteiger partial charge in [0.15, 0.2) is 0 Å². The van der Waals surface area contributed by atoms with Crippen LogP contribution in [0.5, 0.6) is 0 Å². The Hall–Kier alpha value is -1.31. The number of aryl methyl sites for hydroxylation is 1. The van der Waals surface area contributed by atoms with Crippen molar-refractivity contribution in [2.45, 2.75) is 13.8 Å². The minimum Gasteiger partial charge on any atom is -0.465 e. The van der Waals surface area contributed by atoms with Gasteiger partial charge in [-0.1, -0.05) is 6.07 Å². The molecule has 0 heterocycles. The third-order valence-corrected chi connectivity index (χ3v) is 3.29. The van der Waals surface area contributed by atoms with Crippen molar-refractivity contribution in [3.05, 3.63) is 27.3 Å². The molecule has 18 heavy (non-hydrogen) atoms. The third kappa shape index (κ3) is 4.91. The summed E-state index contributed by atoms with van der Waals surface area (Å²) in [7, 11) is 0. The molecule has 1 aromatic rings. The van der Waals surface area contributed by atoms with Crippen LogP contribution in [0.3, 0.4) is 0 Å². The number of amides is 2. The summed E-state index contributed by atoms with van der Waals surface area (Å²) in [6, 6.07) is 5.16. The van der Waals surface area contributed by atoms with Crippen LogP contribution in [0.25, 0.3) is 0 Å². The van der Waals surface area contributed by atoms with Crippen LogP contribution in [0.15, 0.2) is 18.2 Å². The van der Waals surface area contributed by atoms with E-state index >= 15 is 0 Å². The zero-order valence-electron chi connectivity index (χ0n) is 10.2. The van der Waals surface area contributed by atoms with Crippen molar-refractivity contribution in [2.75, 3.05) is 18.5 Å². The first-order valence-electron chi connectivity index (χ1n) is 5.49. The first-order chi connectivity index (χ1) is 8.52. The number of hydrogen-bond donors (Lipinski definition) is 2. The summed E-state index contributed by atoms with van der Waals surface area (Å²) >= 11 is 2.19. The topological polar surface area (TPSA) is 67.4 Å². The lowest BCUT2D eigenvalue weighted by Crippen LogP contribution is -2.34. The molecule has 0 aliphatic carbocycles. The van der Waals surface area contributed by atoms with Gasteiger partial charge in [0.2, 0.25) is 0 Å². The summed E-state index contributed by atoms with van der Waals surface area (Å²) in [6.07, 6.45) is 0. The molecule has 1 aromatic carbocycles. The van der Waals surface area contributed by atoms with Crippen LogP contribution in [-0.2, 0) is 9.53 Å². The molecule has 2 amide bonds. The summed E-state index contributed by atoms with van der Waals surface area (Å²) in [6.45, 7) is 3.87. The largest absolute Gasteiger partial charge is 0.465 e. The van der Waals surface area contributed by atoms with Crippen LogP contribution < -0.4 is 10.6 Å². The van der Waals surface area contributed by atoms with Crippen LogP contribution >= 0.6 is 22.6 Å². The molecule has 0 aliphatic rings. The SMILES string of the molecule is CCOC(=O)CNC(=O)Nc1ccc(C)c(I)c1. The maximum atomic E-state index is 11.5. The quantitative estimate of drug-likeness (QED) is 0.638. The highest BCUT2D eigenvalue weighted by atomic mass is 127. The van der Waals surface area contributed by atoms with Gasteiger partial charge in [-0.05, 0) is 54.1 Å². The van der Waals surface area contributed by atoms with Crippen molar-refractivity contribution in [3.8, 4) is 0 Å². The van der Waals surface area contributed by atoms with E-state index in [0.717, 1.165) is 9.13 Å². The van der Waals surface area contributed by atoms with Gasteiger partial charge in [0, 0.05) is 9.26 Å². The van der Waals surface area contributed by atoms with Crippen molar-refractivity contribution in [3.63, 3.8) is 0 Å². The number of urea groups is 1. The van der Waals surface area contributed by atoms with Gasteiger partial charge in [-0.3, -0.25) is 4.79 Å². The lowest BCUT2D eigenvalue weighted by atomic mass is 10.2. The fourth-order valence-corrected chi connectivity index (χ4v) is 1.73. The van der Waals surface area contributed by atoms with E-state index in [1.165, 1.54) is 0 Å². The van der Waals surface area contributed by atoms with E-state index in [2.05, 4.69) is 33.2 Å². The number of hydrogen-bond acceptors (Lipinski definition) is 3. The number of rotatable bonds is 4. The van der Waals surface area contributed by atoms with E-state index in [1.54, 1.807) is 13.0 Å². The Morgan fingerprint density at radius 1 is 1.39 bits per heavy atom. The van der Waals surface area contributed by atoms with Gasteiger partial charge in [-0.25, -0.2) is 4.79 Å². The van der Waals surface area contributed by atoms with Crippen LogP contribution in [0, 0.1) is 10.5 Å². The Balaban J connectivity index is 2.44. The van der Waals surface area contributed by atoms with Crippen molar-refractivity contribution in [2.24, 2.45) is 0 Å². The molecule has 0 saturated carbocycles. The number of carbonyl (C=O) groups is 2. The van der Waals surface area contributed by atoms with E-state index in [1.807, 2.05) is 19.1 Å². The zero-order chi connectivity index (χ0) is 13.5. The lowest BCUT2D eigenvalue weighted by Gasteiger charge is -2.08. The number of anilines is 1. The summed E-state index contributed by atoms with van der Waals surface area (Å²) in [4.78, 5) is 22.5. The van der Waals surface area contributed by atoms with Gasteiger partial charge >= 0.3 is 12.0 Å². The normalized spacial score (nSPS) is 9.72. The summed E-state index contributed by atoms with van der Waals surface area (Å²) < 4.78 is 5.76. The molecule has 0 fully saturated rings. The molecule has 1 rings (SSSR count). The molecule has 0 aromatic heterocycles. The highest BCUT2D eigenvalue weighted by molar-refractivity contribution is 14.1. The van der Waals surface area contributed by atoms with Crippen molar-refractivity contribution in [1.29, 1.82) is 0 Å². The van der Waals surface area contributed by atoms with Gasteiger partial charge in [-0.15, -0.1) is 0 Å². The van der Waals surface area contributed by atoms with Crippen molar-refractivity contribution >= 4 is 40.3 Å². The van der Waals surface area contributed by atoms with Crippen LogP contribution in [0.1, 0.15) is 12.5 Å². The molecule has 0 atom stereocenters. The number of nitrogens with one attached hydrogen (secondary N) is 2. The third-order valence-electron chi connectivity index (χ3n) is 2.13. The Morgan fingerprint density at radius 2 is 2.11 bits per heavy atom. The van der Waals surface area contributed by atoms with E-state index in [0.29, 0.717) is 12.3 Å². The second-order valence-electron chi connectivity index (χ2n) is 3.58. The number of ether oxygens (including phenoxy) is 1. The molecule has 0 unspecified atom stereocenters. The molecule has 5 nitrogen and oxygen atoms in total. The molecule has 98 valence electrons. The first kappa shape index (κ1) is 14.7. The Bertz CT molecular complexity index is 449. The monoisotopic (exact) mass is 362 g/mol. The molecular formula is C12H15IN2O3. The Labute approximate surface area is 119 Å². The Morgan fingerprint density at radius 3 is 2.72 bits per heavy atom. The standard InChI is InChI=1S/C12H15IN2O3/c1-3-18-11(16)7-14-12(17)15-9-5-4-8(2)10(13)6-9/h4-6H,3,7H2,1-2H3,(H2,14,15,17). The maximum absolute atomic E-state index is 11.5. The van der Waals surface area contributed by atoms with Gasteiger partial charge < -0.3 is 15.4 Å². The van der Waals surface area contributed by atoms with E-state index < -0.39 is 12.0 Å². The van der Waals surface area contributed by atoms with Crippen molar-refractivity contribution < 1.29 is 14.3 Å². The Kier molecular flexibility index (Phi) is 5.90. The van der Waals surface area contributed by atoms with Gasteiger partial charge in [0.05, 0.1) is 6.61 Å². The molecular weight excluding hydrogens is 347 g/mol. The second kappa shape index (κ2) is 7.20. The number of benzene rings is 1. The highest BCUT2D eigenvalue weighted by Crippen LogP contribution is 2.16. The fourth-order valence-electron chi connectivity index (χ4n) is 1.21. The first-order valence-corrected chi connectivity index (χ1v) is 6.57. The second-order valence-corrected chi connectivity index (χ2v) is 4.74. The minimum absolute atomic E-state index is 0.136. The van der Waals surface area contributed by atoms with Crippen molar-refractivity contribution in [1.82, 2.24) is 5.32 Å². The molecule has 6 heteroatoms. The zero-order valence-corrected chi connectivity index (χ0v) is 12.4. The molecule has 2 N–H and O–H groups in total. The minimum atomic E-state index is -0.453. The molecule has 0 radical (unpaired) electrons. The maximum Gasteiger partial charge on any atom is 0.325 e. The molecule has 0 aliphatic heterocycles. The average Bonchev–Trinajstić information content (AvgIpc) is 2.32. The molecule has 0 bridgehead atoms. The number of carbonyl (C=O) groups excluding carboxylic acids is 2. The van der Waals surface area contributed by atoms with E-state index in [4.69, 9.17) is 4.74 Å². The average molecular weight is 362 g/mol. The number of halogens is 1.